The van der Waals surface area contributed by atoms with Gasteiger partial charge in [-0.3, -0.25) is 10.1 Å². The lowest BCUT2D eigenvalue weighted by molar-refractivity contribution is -0.114. The number of halogens is 1. The lowest BCUT2D eigenvalue weighted by Gasteiger charge is -2.04. The SMILES string of the molecule is CSc1cccc(-c2nnc(NC(=O)CS(=O)(=O)c3ccc(Cl)cc3)o2)c1. The maximum atomic E-state index is 12.3. The van der Waals surface area contributed by atoms with Gasteiger partial charge in [0.05, 0.1) is 4.90 Å². The molecule has 1 heterocycles. The number of benzene rings is 2. The van der Waals surface area contributed by atoms with Crippen LogP contribution < -0.4 is 5.32 Å². The van der Waals surface area contributed by atoms with E-state index in [1.165, 1.54) is 24.3 Å². The summed E-state index contributed by atoms with van der Waals surface area (Å²) in [6.45, 7) is 0. The molecule has 140 valence electrons. The van der Waals surface area contributed by atoms with Gasteiger partial charge in [-0.25, -0.2) is 8.42 Å². The van der Waals surface area contributed by atoms with Gasteiger partial charge >= 0.3 is 6.01 Å². The molecule has 10 heteroatoms. The molecule has 3 rings (SSSR count). The van der Waals surface area contributed by atoms with E-state index in [2.05, 4.69) is 15.5 Å². The average Bonchev–Trinajstić information content (AvgIpc) is 3.10. The van der Waals surface area contributed by atoms with Crippen molar-refractivity contribution in [2.24, 2.45) is 0 Å². The average molecular weight is 424 g/mol. The summed E-state index contributed by atoms with van der Waals surface area (Å²) in [5.74, 6) is -1.31. The van der Waals surface area contributed by atoms with Gasteiger partial charge < -0.3 is 4.42 Å². The Labute approximate surface area is 165 Å². The van der Waals surface area contributed by atoms with E-state index in [-0.39, 0.29) is 16.8 Å². The van der Waals surface area contributed by atoms with Crippen LogP contribution in [0.3, 0.4) is 0 Å². The van der Waals surface area contributed by atoms with Crippen molar-refractivity contribution in [3.63, 3.8) is 0 Å². The van der Waals surface area contributed by atoms with Crippen molar-refractivity contribution in [1.82, 2.24) is 10.2 Å². The van der Waals surface area contributed by atoms with Crippen LogP contribution in [0.4, 0.5) is 6.01 Å². The summed E-state index contributed by atoms with van der Waals surface area (Å²) >= 11 is 7.31. The van der Waals surface area contributed by atoms with E-state index in [1.54, 1.807) is 17.8 Å². The molecule has 0 spiro atoms. The van der Waals surface area contributed by atoms with Crippen LogP contribution in [0.25, 0.3) is 11.5 Å². The number of anilines is 1. The number of nitrogens with one attached hydrogen (secondary N) is 1. The van der Waals surface area contributed by atoms with Crippen molar-refractivity contribution in [2.75, 3.05) is 17.3 Å². The molecule has 0 unspecified atom stereocenters. The lowest BCUT2D eigenvalue weighted by Crippen LogP contribution is -2.23. The van der Waals surface area contributed by atoms with E-state index in [0.29, 0.717) is 10.6 Å². The Morgan fingerprint density at radius 1 is 1.19 bits per heavy atom. The second-order valence-corrected chi connectivity index (χ2v) is 8.71. The van der Waals surface area contributed by atoms with Crippen LogP contribution in [0.15, 0.2) is 62.7 Å². The first-order valence-corrected chi connectivity index (χ1v) is 10.9. The molecular formula is C17H14ClN3O4S2. The number of hydrogen-bond acceptors (Lipinski definition) is 7. The van der Waals surface area contributed by atoms with Crippen molar-refractivity contribution in [1.29, 1.82) is 0 Å². The van der Waals surface area contributed by atoms with Crippen LogP contribution in [-0.4, -0.2) is 36.5 Å². The van der Waals surface area contributed by atoms with E-state index < -0.39 is 21.5 Å². The van der Waals surface area contributed by atoms with Crippen LogP contribution in [0.2, 0.25) is 5.02 Å². The molecule has 1 amide bonds. The molecule has 0 aliphatic carbocycles. The maximum absolute atomic E-state index is 12.3. The Balaban J connectivity index is 1.69. The zero-order valence-electron chi connectivity index (χ0n) is 14.0. The van der Waals surface area contributed by atoms with Gasteiger partial charge in [0.15, 0.2) is 9.84 Å². The van der Waals surface area contributed by atoms with Gasteiger partial charge in [-0.05, 0) is 48.7 Å². The molecule has 0 bridgehead atoms. The summed E-state index contributed by atoms with van der Waals surface area (Å²) in [4.78, 5) is 13.1. The molecule has 1 aromatic heterocycles. The molecule has 7 nitrogen and oxygen atoms in total. The Morgan fingerprint density at radius 3 is 2.63 bits per heavy atom. The first kappa shape index (κ1) is 19.4. The van der Waals surface area contributed by atoms with Gasteiger partial charge in [0.25, 0.3) is 0 Å². The molecule has 0 aliphatic heterocycles. The highest BCUT2D eigenvalue weighted by atomic mass is 35.5. The second kappa shape index (κ2) is 8.12. The number of rotatable bonds is 6. The van der Waals surface area contributed by atoms with E-state index in [4.69, 9.17) is 16.0 Å². The summed E-state index contributed by atoms with van der Waals surface area (Å²) in [5.41, 5.74) is 0.698. The molecule has 0 saturated carbocycles. The van der Waals surface area contributed by atoms with Crippen LogP contribution in [0, 0.1) is 0 Å². The Hall–Kier alpha value is -2.36. The second-order valence-electron chi connectivity index (χ2n) is 5.41. The molecule has 0 radical (unpaired) electrons. The lowest BCUT2D eigenvalue weighted by atomic mass is 10.2. The molecule has 3 aromatic rings. The fraction of sp³-hybridized carbons (Fsp3) is 0.118. The maximum Gasteiger partial charge on any atom is 0.322 e. The van der Waals surface area contributed by atoms with Crippen molar-refractivity contribution < 1.29 is 17.6 Å². The van der Waals surface area contributed by atoms with Gasteiger partial charge in [0, 0.05) is 15.5 Å². The Morgan fingerprint density at radius 2 is 1.93 bits per heavy atom. The predicted molar refractivity (Wildman–Crippen MR) is 104 cm³/mol. The van der Waals surface area contributed by atoms with Crippen LogP contribution in [0.5, 0.6) is 0 Å². The smallest absolute Gasteiger partial charge is 0.322 e. The van der Waals surface area contributed by atoms with E-state index in [1.807, 2.05) is 24.5 Å². The molecule has 0 fully saturated rings. The highest BCUT2D eigenvalue weighted by molar-refractivity contribution is 7.98. The van der Waals surface area contributed by atoms with Gasteiger partial charge in [-0.2, -0.15) is 0 Å². The van der Waals surface area contributed by atoms with Crippen LogP contribution >= 0.6 is 23.4 Å². The van der Waals surface area contributed by atoms with E-state index in [9.17, 15) is 13.2 Å². The number of sulfone groups is 1. The number of aromatic nitrogens is 2. The summed E-state index contributed by atoms with van der Waals surface area (Å²) in [6, 6.07) is 12.9. The molecular weight excluding hydrogens is 410 g/mol. The zero-order chi connectivity index (χ0) is 19.4. The largest absolute Gasteiger partial charge is 0.403 e. The number of hydrogen-bond donors (Lipinski definition) is 1. The van der Waals surface area contributed by atoms with Crippen molar-refractivity contribution in [3.05, 3.63) is 53.6 Å². The summed E-state index contributed by atoms with van der Waals surface area (Å²) in [5, 5.41) is 10.3. The summed E-state index contributed by atoms with van der Waals surface area (Å²) < 4.78 is 29.9. The number of nitrogens with zero attached hydrogens (tertiary/aromatic N) is 2. The van der Waals surface area contributed by atoms with Crippen molar-refractivity contribution in [2.45, 2.75) is 9.79 Å². The zero-order valence-corrected chi connectivity index (χ0v) is 16.4. The van der Waals surface area contributed by atoms with Gasteiger partial charge in [0.1, 0.15) is 5.75 Å². The number of thioether (sulfide) groups is 1. The first-order valence-electron chi connectivity index (χ1n) is 7.63. The minimum Gasteiger partial charge on any atom is -0.403 e. The Bertz CT molecular complexity index is 1070. The normalized spacial score (nSPS) is 11.3. The van der Waals surface area contributed by atoms with Gasteiger partial charge in [-0.15, -0.1) is 16.9 Å². The monoisotopic (exact) mass is 423 g/mol. The molecule has 27 heavy (non-hydrogen) atoms. The molecule has 0 aliphatic rings. The predicted octanol–water partition coefficient (Wildman–Crippen LogP) is 3.52. The van der Waals surface area contributed by atoms with Crippen molar-refractivity contribution in [3.8, 4) is 11.5 Å². The molecule has 2 aromatic carbocycles. The highest BCUT2D eigenvalue weighted by Gasteiger charge is 2.21. The summed E-state index contributed by atoms with van der Waals surface area (Å²) in [6.07, 6.45) is 1.94. The third-order valence-electron chi connectivity index (χ3n) is 3.48. The van der Waals surface area contributed by atoms with Gasteiger partial charge in [0.2, 0.25) is 11.8 Å². The highest BCUT2D eigenvalue weighted by Crippen LogP contribution is 2.24. The summed E-state index contributed by atoms with van der Waals surface area (Å²) in [7, 11) is -3.81. The molecule has 1 N–H and O–H groups in total. The van der Waals surface area contributed by atoms with E-state index in [0.717, 1.165) is 4.90 Å². The third kappa shape index (κ3) is 4.88. The molecule has 0 saturated heterocycles. The van der Waals surface area contributed by atoms with E-state index >= 15 is 0 Å². The third-order valence-corrected chi connectivity index (χ3v) is 6.09. The Kier molecular flexibility index (Phi) is 5.83. The quantitative estimate of drug-likeness (QED) is 0.605. The fourth-order valence-electron chi connectivity index (χ4n) is 2.20. The fourth-order valence-corrected chi connectivity index (χ4v) is 3.92. The standard InChI is InChI=1S/C17H14ClN3O4S2/c1-26-13-4-2-3-11(9-13)16-20-21-17(25-16)19-15(22)10-27(23,24)14-7-5-12(18)6-8-14/h2-9H,10H2,1H3,(H,19,21,22). The number of carbonyl (C=O) groups is 1. The topological polar surface area (TPSA) is 102 Å². The van der Waals surface area contributed by atoms with Crippen LogP contribution in [-0.2, 0) is 14.6 Å². The number of carbonyl (C=O) groups excluding carboxylic acids is 1. The van der Waals surface area contributed by atoms with Crippen LogP contribution in [0.1, 0.15) is 0 Å². The van der Waals surface area contributed by atoms with Gasteiger partial charge in [-0.1, -0.05) is 22.8 Å². The molecule has 0 atom stereocenters. The minimum atomic E-state index is -3.81. The first-order chi connectivity index (χ1) is 12.9. The number of amides is 1. The van der Waals surface area contributed by atoms with Crippen molar-refractivity contribution >= 4 is 45.1 Å². The minimum absolute atomic E-state index is 0.00199.